The van der Waals surface area contributed by atoms with Gasteiger partial charge < -0.3 is 20.1 Å². The second kappa shape index (κ2) is 6.77. The van der Waals surface area contributed by atoms with Crippen LogP contribution in [0.25, 0.3) is 27.9 Å². The maximum atomic E-state index is 12.1. The van der Waals surface area contributed by atoms with E-state index in [0.717, 1.165) is 10.9 Å². The molecule has 4 rings (SSSR count). The highest BCUT2D eigenvalue weighted by molar-refractivity contribution is 6.31. The molecule has 9 nitrogen and oxygen atoms in total. The number of H-pyrrole nitrogens is 1. The summed E-state index contributed by atoms with van der Waals surface area (Å²) in [7, 11) is 0. The van der Waals surface area contributed by atoms with Gasteiger partial charge in [-0.25, -0.2) is 19.4 Å². The number of amides is 1. The Morgan fingerprint density at radius 2 is 2.21 bits per heavy atom. The molecule has 0 radical (unpaired) electrons. The molecular formula is C18H17ClN6O3. The Morgan fingerprint density at radius 3 is 3.00 bits per heavy atom. The molecule has 1 aromatic carbocycles. The van der Waals surface area contributed by atoms with E-state index in [9.17, 15) is 9.90 Å². The van der Waals surface area contributed by atoms with Crippen molar-refractivity contribution in [1.29, 1.82) is 0 Å². The summed E-state index contributed by atoms with van der Waals surface area (Å²) in [4.78, 5) is 23.9. The van der Waals surface area contributed by atoms with Crippen LogP contribution in [0.3, 0.4) is 0 Å². The van der Waals surface area contributed by atoms with Gasteiger partial charge in [-0.05, 0) is 32.0 Å². The van der Waals surface area contributed by atoms with Crippen LogP contribution in [0.4, 0.5) is 4.79 Å². The summed E-state index contributed by atoms with van der Waals surface area (Å²) in [5, 5.41) is 17.7. The molecule has 3 N–H and O–H groups in total. The van der Waals surface area contributed by atoms with Gasteiger partial charge in [-0.2, -0.15) is 5.10 Å². The third kappa shape index (κ3) is 3.37. The van der Waals surface area contributed by atoms with E-state index in [2.05, 4.69) is 25.4 Å². The first-order valence-corrected chi connectivity index (χ1v) is 8.83. The SMILES string of the molecule is CC(C)(CO)NC(=O)Oc1c[nH]c2ncc(-n3ncc4ccc(Cl)cc43)nc12. The number of aliphatic hydroxyl groups excluding tert-OH is 1. The third-order valence-corrected chi connectivity index (χ3v) is 4.36. The fourth-order valence-electron chi connectivity index (χ4n) is 2.65. The summed E-state index contributed by atoms with van der Waals surface area (Å²) in [5.74, 6) is 0.662. The van der Waals surface area contributed by atoms with Crippen LogP contribution in [0, 0.1) is 0 Å². The predicted molar refractivity (Wildman–Crippen MR) is 104 cm³/mol. The molecule has 4 aromatic rings. The summed E-state index contributed by atoms with van der Waals surface area (Å²) in [6, 6.07) is 5.44. The van der Waals surface area contributed by atoms with Gasteiger partial charge in [-0.3, -0.25) is 0 Å². The van der Waals surface area contributed by atoms with Crippen LogP contribution in [0.5, 0.6) is 5.75 Å². The van der Waals surface area contributed by atoms with Crippen LogP contribution >= 0.6 is 11.6 Å². The van der Waals surface area contributed by atoms with Crippen molar-refractivity contribution in [3.63, 3.8) is 0 Å². The number of ether oxygens (including phenoxy) is 1. The summed E-state index contributed by atoms with van der Waals surface area (Å²) in [6.45, 7) is 3.12. The molecule has 28 heavy (non-hydrogen) atoms. The lowest BCUT2D eigenvalue weighted by molar-refractivity contribution is 0.159. The number of aromatic nitrogens is 5. The van der Waals surface area contributed by atoms with Crippen LogP contribution in [0.2, 0.25) is 5.02 Å². The number of hydrogen-bond acceptors (Lipinski definition) is 6. The molecule has 0 aliphatic heterocycles. The molecular weight excluding hydrogens is 384 g/mol. The van der Waals surface area contributed by atoms with Crippen LogP contribution < -0.4 is 10.1 Å². The first-order chi connectivity index (χ1) is 13.4. The van der Waals surface area contributed by atoms with Crippen molar-refractivity contribution in [3.8, 4) is 11.6 Å². The molecule has 0 fully saturated rings. The van der Waals surface area contributed by atoms with E-state index in [0.29, 0.717) is 22.0 Å². The summed E-state index contributed by atoms with van der Waals surface area (Å²) in [5.41, 5.74) is 0.803. The third-order valence-electron chi connectivity index (χ3n) is 4.12. The van der Waals surface area contributed by atoms with Crippen molar-refractivity contribution >= 4 is 39.8 Å². The van der Waals surface area contributed by atoms with Crippen LogP contribution in [0.15, 0.2) is 36.8 Å². The number of carbonyl (C=O) groups is 1. The van der Waals surface area contributed by atoms with Crippen molar-refractivity contribution in [2.24, 2.45) is 0 Å². The maximum absolute atomic E-state index is 12.1. The molecule has 0 saturated carbocycles. The minimum atomic E-state index is -0.812. The maximum Gasteiger partial charge on any atom is 0.413 e. The van der Waals surface area contributed by atoms with Gasteiger partial charge in [0.05, 0.1) is 30.1 Å². The number of benzene rings is 1. The highest BCUT2D eigenvalue weighted by atomic mass is 35.5. The molecule has 0 bridgehead atoms. The smallest absolute Gasteiger partial charge is 0.406 e. The Kier molecular flexibility index (Phi) is 4.40. The highest BCUT2D eigenvalue weighted by Crippen LogP contribution is 2.25. The van der Waals surface area contributed by atoms with Gasteiger partial charge in [0.1, 0.15) is 0 Å². The van der Waals surface area contributed by atoms with E-state index in [1.807, 2.05) is 6.07 Å². The van der Waals surface area contributed by atoms with Gasteiger partial charge in [-0.15, -0.1) is 0 Å². The van der Waals surface area contributed by atoms with Crippen molar-refractivity contribution in [1.82, 2.24) is 30.0 Å². The monoisotopic (exact) mass is 400 g/mol. The number of hydrogen-bond donors (Lipinski definition) is 3. The van der Waals surface area contributed by atoms with Crippen LogP contribution in [-0.4, -0.2) is 48.1 Å². The fraction of sp³-hybridized carbons (Fsp3) is 0.222. The Morgan fingerprint density at radius 1 is 1.39 bits per heavy atom. The molecule has 0 unspecified atom stereocenters. The van der Waals surface area contributed by atoms with Gasteiger partial charge >= 0.3 is 6.09 Å². The number of nitrogens with one attached hydrogen (secondary N) is 2. The number of rotatable bonds is 4. The van der Waals surface area contributed by atoms with Gasteiger partial charge in [0.15, 0.2) is 22.7 Å². The van der Waals surface area contributed by atoms with Crippen molar-refractivity contribution in [2.75, 3.05) is 6.61 Å². The minimum Gasteiger partial charge on any atom is -0.406 e. The summed E-state index contributed by atoms with van der Waals surface area (Å²) >= 11 is 6.10. The van der Waals surface area contributed by atoms with E-state index < -0.39 is 11.6 Å². The lowest BCUT2D eigenvalue weighted by atomic mass is 10.1. The Bertz CT molecular complexity index is 1180. The molecule has 144 valence electrons. The number of carbonyl (C=O) groups excluding carboxylic acids is 1. The molecule has 3 aromatic heterocycles. The minimum absolute atomic E-state index is 0.213. The van der Waals surface area contributed by atoms with E-state index in [4.69, 9.17) is 16.3 Å². The molecule has 0 spiro atoms. The zero-order valence-electron chi connectivity index (χ0n) is 15.1. The average Bonchev–Trinajstić information content (AvgIpc) is 3.24. The van der Waals surface area contributed by atoms with Crippen LogP contribution in [0.1, 0.15) is 13.8 Å². The van der Waals surface area contributed by atoms with Gasteiger partial charge in [0.25, 0.3) is 0 Å². The Balaban J connectivity index is 1.70. The van der Waals surface area contributed by atoms with Crippen molar-refractivity contribution < 1.29 is 14.6 Å². The molecule has 10 heteroatoms. The number of aromatic amines is 1. The van der Waals surface area contributed by atoms with E-state index in [1.165, 1.54) is 6.20 Å². The van der Waals surface area contributed by atoms with Crippen LogP contribution in [-0.2, 0) is 0 Å². The van der Waals surface area contributed by atoms with Crippen molar-refractivity contribution in [2.45, 2.75) is 19.4 Å². The van der Waals surface area contributed by atoms with Crippen molar-refractivity contribution in [3.05, 3.63) is 41.8 Å². The number of aliphatic hydroxyl groups is 1. The standard InChI is InChI=1S/C18H17ClN6O3/c1-18(2,9-26)24-17(27)28-13-7-20-16-15(13)23-14(8-21-16)25-12-5-11(19)4-3-10(12)6-22-25/h3-8,26H,9H2,1-2H3,(H,20,21)(H,24,27). The zero-order chi connectivity index (χ0) is 19.9. The number of halogens is 1. The second-order valence-corrected chi connectivity index (χ2v) is 7.33. The Labute approximate surface area is 164 Å². The first-order valence-electron chi connectivity index (χ1n) is 8.45. The lowest BCUT2D eigenvalue weighted by Gasteiger charge is -2.22. The quantitative estimate of drug-likeness (QED) is 0.484. The molecule has 0 saturated heterocycles. The van der Waals surface area contributed by atoms with E-state index >= 15 is 0 Å². The first kappa shape index (κ1) is 18.2. The number of fused-ring (bicyclic) bond motifs is 2. The molecule has 0 aliphatic rings. The van der Waals surface area contributed by atoms with Gasteiger partial charge in [0, 0.05) is 16.6 Å². The molecule has 0 atom stereocenters. The average molecular weight is 401 g/mol. The van der Waals surface area contributed by atoms with E-state index in [1.54, 1.807) is 43.1 Å². The Hall–Kier alpha value is -3.17. The predicted octanol–water partition coefficient (Wildman–Crippen LogP) is 2.81. The fourth-order valence-corrected chi connectivity index (χ4v) is 2.82. The zero-order valence-corrected chi connectivity index (χ0v) is 15.9. The molecule has 1 amide bonds. The summed E-state index contributed by atoms with van der Waals surface area (Å²) < 4.78 is 6.95. The van der Waals surface area contributed by atoms with Gasteiger partial charge in [-0.1, -0.05) is 11.6 Å². The topological polar surface area (TPSA) is 118 Å². The lowest BCUT2D eigenvalue weighted by Crippen LogP contribution is -2.47. The number of nitrogens with zero attached hydrogens (tertiary/aromatic N) is 4. The highest BCUT2D eigenvalue weighted by Gasteiger charge is 2.22. The molecule has 3 heterocycles. The normalized spacial score (nSPS) is 11.9. The van der Waals surface area contributed by atoms with E-state index in [-0.39, 0.29) is 12.4 Å². The summed E-state index contributed by atoms with van der Waals surface area (Å²) in [6.07, 6.45) is 4.06. The van der Waals surface area contributed by atoms with Gasteiger partial charge in [0.2, 0.25) is 0 Å². The largest absolute Gasteiger partial charge is 0.413 e. The molecule has 0 aliphatic carbocycles. The second-order valence-electron chi connectivity index (χ2n) is 6.89.